The van der Waals surface area contributed by atoms with Crippen LogP contribution >= 0.6 is 11.8 Å². The Bertz CT molecular complexity index is 673. The molecule has 22 heavy (non-hydrogen) atoms. The quantitative estimate of drug-likeness (QED) is 0.784. The summed E-state index contributed by atoms with van der Waals surface area (Å²) in [6.45, 7) is 5.24. The van der Waals surface area contributed by atoms with Crippen molar-refractivity contribution >= 4 is 23.4 Å². The van der Waals surface area contributed by atoms with Crippen LogP contribution in [0.5, 0.6) is 0 Å². The molecule has 0 spiro atoms. The van der Waals surface area contributed by atoms with Gasteiger partial charge in [0, 0.05) is 36.3 Å². The summed E-state index contributed by atoms with van der Waals surface area (Å²) >= 11 is 1.93. The van der Waals surface area contributed by atoms with Gasteiger partial charge in [-0.1, -0.05) is 0 Å². The van der Waals surface area contributed by atoms with E-state index in [1.54, 1.807) is 11.4 Å². The van der Waals surface area contributed by atoms with Gasteiger partial charge in [0.05, 0.1) is 12.8 Å². The molecule has 1 aliphatic heterocycles. The fourth-order valence-electron chi connectivity index (χ4n) is 2.74. The Hall–Kier alpha value is -1.60. The van der Waals surface area contributed by atoms with Crippen LogP contribution in [0, 0.1) is 0 Å². The van der Waals surface area contributed by atoms with Crippen molar-refractivity contribution in [1.29, 1.82) is 0 Å². The van der Waals surface area contributed by atoms with E-state index in [9.17, 15) is 4.79 Å². The number of nitrogens with zero attached hydrogens (tertiary/aromatic N) is 4. The molecule has 1 fully saturated rings. The Balaban J connectivity index is 1.75. The second kappa shape index (κ2) is 6.66. The number of ether oxygens (including phenoxy) is 1. The summed E-state index contributed by atoms with van der Waals surface area (Å²) < 4.78 is 6.67. The molecule has 1 unspecified atom stereocenters. The molecule has 118 valence electrons. The van der Waals surface area contributed by atoms with Crippen LogP contribution in [0.4, 0.5) is 0 Å². The molecule has 0 saturated carbocycles. The van der Waals surface area contributed by atoms with Crippen LogP contribution in [0.1, 0.15) is 29.3 Å². The Morgan fingerprint density at radius 3 is 3.09 bits per heavy atom. The van der Waals surface area contributed by atoms with Gasteiger partial charge in [-0.3, -0.25) is 4.90 Å². The van der Waals surface area contributed by atoms with Gasteiger partial charge in [0.2, 0.25) is 0 Å². The smallest absolute Gasteiger partial charge is 0.343 e. The van der Waals surface area contributed by atoms with Crippen molar-refractivity contribution in [3.63, 3.8) is 0 Å². The predicted molar refractivity (Wildman–Crippen MR) is 86.1 cm³/mol. The Labute approximate surface area is 133 Å². The lowest BCUT2D eigenvalue weighted by Crippen LogP contribution is -2.21. The first-order valence-corrected chi connectivity index (χ1v) is 8.74. The number of thioether (sulfide) groups is 1. The van der Waals surface area contributed by atoms with Gasteiger partial charge in [0.1, 0.15) is 5.56 Å². The maximum Gasteiger partial charge on any atom is 0.343 e. The fraction of sp³-hybridized carbons (Fsp3) is 0.533. The van der Waals surface area contributed by atoms with Gasteiger partial charge in [-0.25, -0.2) is 14.3 Å². The number of rotatable bonds is 5. The highest BCUT2D eigenvalue weighted by atomic mass is 32.2. The zero-order chi connectivity index (χ0) is 15.5. The molecular formula is C15H20N4O2S. The summed E-state index contributed by atoms with van der Waals surface area (Å²) in [5, 5.41) is 4.95. The molecule has 2 aromatic heterocycles. The number of carbonyl (C=O) groups is 1. The first-order chi connectivity index (χ1) is 10.7. The predicted octanol–water partition coefficient (Wildman–Crippen LogP) is 1.84. The standard InChI is InChI=1S/C15H20N4O2S/c1-3-21-15(20)13-7-17-19-9-11(6-16-14(13)19)8-18-5-4-12(10-18)22-2/h6-7,9,12H,3-5,8,10H2,1-2H3. The number of esters is 1. The first-order valence-electron chi connectivity index (χ1n) is 7.45. The van der Waals surface area contributed by atoms with Crippen LogP contribution in [-0.4, -0.2) is 56.7 Å². The summed E-state index contributed by atoms with van der Waals surface area (Å²) in [6.07, 6.45) is 8.70. The van der Waals surface area contributed by atoms with E-state index < -0.39 is 0 Å². The minimum absolute atomic E-state index is 0.347. The molecule has 6 nitrogen and oxygen atoms in total. The van der Waals surface area contributed by atoms with Gasteiger partial charge in [-0.05, 0) is 26.1 Å². The summed E-state index contributed by atoms with van der Waals surface area (Å²) in [5.74, 6) is -0.375. The van der Waals surface area contributed by atoms with Crippen molar-refractivity contribution in [2.45, 2.75) is 25.1 Å². The largest absolute Gasteiger partial charge is 0.462 e. The molecule has 2 aromatic rings. The molecule has 1 saturated heterocycles. The highest BCUT2D eigenvalue weighted by Crippen LogP contribution is 2.21. The van der Waals surface area contributed by atoms with Crippen molar-refractivity contribution in [1.82, 2.24) is 19.5 Å². The van der Waals surface area contributed by atoms with E-state index in [4.69, 9.17) is 4.74 Å². The van der Waals surface area contributed by atoms with Crippen LogP contribution in [0.3, 0.4) is 0 Å². The molecular weight excluding hydrogens is 300 g/mol. The minimum Gasteiger partial charge on any atom is -0.462 e. The van der Waals surface area contributed by atoms with Crippen molar-refractivity contribution in [2.24, 2.45) is 0 Å². The van der Waals surface area contributed by atoms with Gasteiger partial charge >= 0.3 is 5.97 Å². The number of likely N-dealkylation sites (tertiary alicyclic amines) is 1. The van der Waals surface area contributed by atoms with Gasteiger partial charge in [0.25, 0.3) is 0 Å². The van der Waals surface area contributed by atoms with Crippen molar-refractivity contribution in [2.75, 3.05) is 26.0 Å². The maximum absolute atomic E-state index is 11.8. The number of carbonyl (C=O) groups excluding carboxylic acids is 1. The summed E-state index contributed by atoms with van der Waals surface area (Å²) in [7, 11) is 0. The molecule has 0 N–H and O–H groups in total. The molecule has 3 heterocycles. The summed E-state index contributed by atoms with van der Waals surface area (Å²) in [4.78, 5) is 18.7. The molecule has 0 aliphatic carbocycles. The van der Waals surface area contributed by atoms with E-state index >= 15 is 0 Å². The number of fused-ring (bicyclic) bond motifs is 1. The fourth-order valence-corrected chi connectivity index (χ4v) is 3.44. The molecule has 3 rings (SSSR count). The Morgan fingerprint density at radius 2 is 2.36 bits per heavy atom. The van der Waals surface area contributed by atoms with Gasteiger partial charge in [0.15, 0.2) is 5.65 Å². The second-order valence-corrected chi connectivity index (χ2v) is 6.53. The minimum atomic E-state index is -0.375. The molecule has 1 aliphatic rings. The van der Waals surface area contributed by atoms with Gasteiger partial charge < -0.3 is 4.74 Å². The van der Waals surface area contributed by atoms with Crippen molar-refractivity contribution < 1.29 is 9.53 Å². The highest BCUT2D eigenvalue weighted by molar-refractivity contribution is 7.99. The van der Waals surface area contributed by atoms with E-state index in [0.717, 1.165) is 30.4 Å². The van der Waals surface area contributed by atoms with Crippen LogP contribution in [-0.2, 0) is 11.3 Å². The van der Waals surface area contributed by atoms with Crippen LogP contribution in [0.25, 0.3) is 5.65 Å². The van der Waals surface area contributed by atoms with E-state index in [2.05, 4.69) is 21.2 Å². The lowest BCUT2D eigenvalue weighted by molar-refractivity contribution is 0.0528. The monoisotopic (exact) mass is 320 g/mol. The molecule has 0 radical (unpaired) electrons. The molecule has 0 aromatic carbocycles. The molecule has 0 amide bonds. The lowest BCUT2D eigenvalue weighted by atomic mass is 10.3. The van der Waals surface area contributed by atoms with Crippen LogP contribution in [0.15, 0.2) is 18.6 Å². The summed E-state index contributed by atoms with van der Waals surface area (Å²) in [5.41, 5.74) is 2.07. The number of hydrogen-bond acceptors (Lipinski definition) is 6. The molecule has 1 atom stereocenters. The zero-order valence-corrected chi connectivity index (χ0v) is 13.7. The third kappa shape index (κ3) is 3.10. The van der Waals surface area contributed by atoms with E-state index in [1.807, 2.05) is 24.2 Å². The third-order valence-corrected chi connectivity index (χ3v) is 4.93. The topological polar surface area (TPSA) is 59.7 Å². The first kappa shape index (κ1) is 15.3. The zero-order valence-electron chi connectivity index (χ0n) is 12.9. The van der Waals surface area contributed by atoms with E-state index in [1.165, 1.54) is 12.6 Å². The van der Waals surface area contributed by atoms with Crippen LogP contribution < -0.4 is 0 Å². The third-order valence-electron chi connectivity index (χ3n) is 3.87. The Morgan fingerprint density at radius 1 is 1.50 bits per heavy atom. The SMILES string of the molecule is CCOC(=O)c1cnn2cc(CN3CCC(SC)C3)cnc12. The normalized spacial score (nSPS) is 18.9. The average molecular weight is 320 g/mol. The summed E-state index contributed by atoms with van der Waals surface area (Å²) in [6, 6.07) is 0. The maximum atomic E-state index is 11.8. The second-order valence-electron chi connectivity index (χ2n) is 5.39. The number of aromatic nitrogens is 3. The Kier molecular flexibility index (Phi) is 4.63. The van der Waals surface area contributed by atoms with Gasteiger partial charge in [-0.15, -0.1) is 0 Å². The van der Waals surface area contributed by atoms with Crippen molar-refractivity contribution in [3.8, 4) is 0 Å². The number of hydrogen-bond donors (Lipinski definition) is 0. The van der Waals surface area contributed by atoms with Crippen LogP contribution in [0.2, 0.25) is 0 Å². The average Bonchev–Trinajstić information content (AvgIpc) is 3.13. The molecule has 7 heteroatoms. The van der Waals surface area contributed by atoms with E-state index in [-0.39, 0.29) is 5.97 Å². The van der Waals surface area contributed by atoms with Crippen molar-refractivity contribution in [3.05, 3.63) is 29.7 Å². The lowest BCUT2D eigenvalue weighted by Gasteiger charge is -2.15. The van der Waals surface area contributed by atoms with E-state index in [0.29, 0.717) is 17.8 Å². The van der Waals surface area contributed by atoms with Gasteiger partial charge in [-0.2, -0.15) is 16.9 Å². The highest BCUT2D eigenvalue weighted by Gasteiger charge is 2.22. The molecule has 0 bridgehead atoms.